The number of anilines is 1. The van der Waals surface area contributed by atoms with Crippen LogP contribution in [-0.2, 0) is 4.79 Å². The molecular formula is C33H39N3O6. The molecular weight excluding hydrogens is 534 g/mol. The van der Waals surface area contributed by atoms with Gasteiger partial charge < -0.3 is 33.6 Å². The van der Waals surface area contributed by atoms with Crippen molar-refractivity contribution in [3.63, 3.8) is 0 Å². The molecule has 9 nitrogen and oxygen atoms in total. The average molecular weight is 574 g/mol. The smallest absolute Gasteiger partial charge is 0.254 e. The van der Waals surface area contributed by atoms with Crippen LogP contribution in [0.1, 0.15) is 27.4 Å². The van der Waals surface area contributed by atoms with Gasteiger partial charge in [-0.25, -0.2) is 0 Å². The van der Waals surface area contributed by atoms with Crippen LogP contribution >= 0.6 is 0 Å². The lowest BCUT2D eigenvalue weighted by Crippen LogP contribution is -2.51. The number of ether oxygens (including phenoxy) is 4. The topological polar surface area (TPSA) is 80.8 Å². The normalized spacial score (nSPS) is 18.5. The molecule has 0 bridgehead atoms. The molecule has 9 heteroatoms. The van der Waals surface area contributed by atoms with Gasteiger partial charge >= 0.3 is 0 Å². The molecule has 2 heterocycles. The summed E-state index contributed by atoms with van der Waals surface area (Å²) in [6.45, 7) is 5.56. The van der Waals surface area contributed by atoms with Crippen molar-refractivity contribution in [3.05, 3.63) is 77.4 Å². The molecule has 0 spiro atoms. The monoisotopic (exact) mass is 573 g/mol. The molecule has 0 aliphatic carbocycles. The van der Waals surface area contributed by atoms with Crippen molar-refractivity contribution in [2.24, 2.45) is 5.92 Å². The van der Waals surface area contributed by atoms with Gasteiger partial charge in [0.05, 0.1) is 34.4 Å². The van der Waals surface area contributed by atoms with E-state index in [1.807, 2.05) is 35.2 Å². The quantitative estimate of drug-likeness (QED) is 0.399. The Hall–Kier alpha value is -4.40. The van der Waals surface area contributed by atoms with Gasteiger partial charge in [-0.3, -0.25) is 9.59 Å². The summed E-state index contributed by atoms with van der Waals surface area (Å²) in [6, 6.07) is 19.2. The second kappa shape index (κ2) is 12.6. The number of rotatable bonds is 8. The molecule has 0 aromatic heterocycles. The minimum Gasteiger partial charge on any atom is -0.497 e. The second-order valence-corrected chi connectivity index (χ2v) is 10.7. The molecule has 3 aromatic rings. The van der Waals surface area contributed by atoms with Gasteiger partial charge in [-0.05, 0) is 54.4 Å². The fraction of sp³-hybridized carbons (Fsp3) is 0.394. The van der Waals surface area contributed by atoms with E-state index < -0.39 is 5.92 Å². The highest BCUT2D eigenvalue weighted by Crippen LogP contribution is 2.44. The van der Waals surface area contributed by atoms with Gasteiger partial charge in [0.2, 0.25) is 11.7 Å². The molecule has 2 amide bonds. The van der Waals surface area contributed by atoms with E-state index in [2.05, 4.69) is 24.0 Å². The number of hydrogen-bond donors (Lipinski definition) is 0. The fourth-order valence-corrected chi connectivity index (χ4v) is 6.13. The Morgan fingerprint density at radius 2 is 1.43 bits per heavy atom. The van der Waals surface area contributed by atoms with Crippen LogP contribution in [0, 0.1) is 12.8 Å². The molecule has 2 atom stereocenters. The first kappa shape index (κ1) is 29.1. The number of carbonyl (C=O) groups excluding carboxylic acids is 2. The Kier molecular flexibility index (Phi) is 8.75. The summed E-state index contributed by atoms with van der Waals surface area (Å²) >= 11 is 0. The molecule has 5 rings (SSSR count). The summed E-state index contributed by atoms with van der Waals surface area (Å²) in [7, 11) is 6.29. The number of amides is 2. The Morgan fingerprint density at radius 3 is 2.05 bits per heavy atom. The van der Waals surface area contributed by atoms with E-state index >= 15 is 0 Å². The Balaban J connectivity index is 1.43. The van der Waals surface area contributed by atoms with Gasteiger partial charge in [-0.15, -0.1) is 0 Å². The molecule has 42 heavy (non-hydrogen) atoms. The van der Waals surface area contributed by atoms with E-state index in [0.29, 0.717) is 54.7 Å². The van der Waals surface area contributed by atoms with Crippen molar-refractivity contribution < 1.29 is 28.5 Å². The highest BCUT2D eigenvalue weighted by Gasteiger charge is 2.43. The Labute approximate surface area is 247 Å². The van der Waals surface area contributed by atoms with Crippen LogP contribution in [0.5, 0.6) is 23.0 Å². The zero-order chi connectivity index (χ0) is 29.8. The molecule has 2 fully saturated rings. The fourth-order valence-electron chi connectivity index (χ4n) is 6.13. The molecule has 0 unspecified atom stereocenters. The number of methoxy groups -OCH3 is 4. The van der Waals surface area contributed by atoms with Crippen molar-refractivity contribution in [2.75, 3.05) is 72.6 Å². The van der Waals surface area contributed by atoms with Crippen molar-refractivity contribution >= 4 is 17.5 Å². The number of nitrogens with zero attached hydrogens (tertiary/aromatic N) is 3. The van der Waals surface area contributed by atoms with Crippen LogP contribution in [0.25, 0.3) is 0 Å². The number of hydrogen-bond acceptors (Lipinski definition) is 7. The molecule has 0 N–H and O–H groups in total. The van der Waals surface area contributed by atoms with Crippen LogP contribution in [0.15, 0.2) is 60.7 Å². The summed E-state index contributed by atoms with van der Waals surface area (Å²) in [5.74, 6) is 1.37. The predicted molar refractivity (Wildman–Crippen MR) is 161 cm³/mol. The van der Waals surface area contributed by atoms with E-state index in [1.165, 1.54) is 11.3 Å². The van der Waals surface area contributed by atoms with Gasteiger partial charge in [0, 0.05) is 56.4 Å². The summed E-state index contributed by atoms with van der Waals surface area (Å²) in [6.07, 6.45) is 0. The van der Waals surface area contributed by atoms with E-state index in [9.17, 15) is 9.59 Å². The molecule has 2 aliphatic rings. The number of benzene rings is 3. The Morgan fingerprint density at radius 1 is 0.738 bits per heavy atom. The minimum atomic E-state index is -0.424. The van der Waals surface area contributed by atoms with Gasteiger partial charge in [0.1, 0.15) is 5.75 Å². The zero-order valence-electron chi connectivity index (χ0n) is 25.0. The second-order valence-electron chi connectivity index (χ2n) is 10.7. The van der Waals surface area contributed by atoms with E-state index in [4.69, 9.17) is 18.9 Å². The maximum atomic E-state index is 14.2. The third kappa shape index (κ3) is 5.68. The standard InChI is InChI=1S/C33H39N3O6/c1-22-9-6-7-12-28(22)34-13-15-35(16-14-34)33(38)27-21-36(32(37)23-10-8-11-25(17-23)39-2)20-26(27)24-18-29(40-3)31(42-5)30(19-24)41-4/h6-12,17-19,26-27H,13-16,20-21H2,1-5H3/t26-,27-/m0/s1. The first-order valence-corrected chi connectivity index (χ1v) is 14.2. The average Bonchev–Trinajstić information content (AvgIpc) is 3.49. The van der Waals surface area contributed by atoms with Crippen LogP contribution in [0.3, 0.4) is 0 Å². The molecule has 2 aliphatic heterocycles. The van der Waals surface area contributed by atoms with Crippen molar-refractivity contribution in [2.45, 2.75) is 12.8 Å². The molecule has 3 aromatic carbocycles. The maximum absolute atomic E-state index is 14.2. The predicted octanol–water partition coefficient (Wildman–Crippen LogP) is 4.23. The number of piperazine rings is 1. The van der Waals surface area contributed by atoms with E-state index in [0.717, 1.165) is 18.7 Å². The summed E-state index contributed by atoms with van der Waals surface area (Å²) in [4.78, 5) is 33.9. The SMILES string of the molecule is COc1cccc(C(=O)N2C[C@H](C(=O)N3CCN(c4ccccc4C)CC3)[C@H](c3cc(OC)c(OC)c(OC)c3)C2)c1. The third-order valence-corrected chi connectivity index (χ3v) is 8.40. The van der Waals surface area contributed by atoms with Crippen LogP contribution in [0.2, 0.25) is 0 Å². The van der Waals surface area contributed by atoms with Crippen LogP contribution < -0.4 is 23.8 Å². The highest BCUT2D eigenvalue weighted by molar-refractivity contribution is 5.95. The van der Waals surface area contributed by atoms with Crippen molar-refractivity contribution in [1.82, 2.24) is 9.80 Å². The lowest BCUT2D eigenvalue weighted by Gasteiger charge is -2.38. The highest BCUT2D eigenvalue weighted by atomic mass is 16.5. The number of likely N-dealkylation sites (tertiary alicyclic amines) is 1. The maximum Gasteiger partial charge on any atom is 0.254 e. The molecule has 0 saturated carbocycles. The van der Waals surface area contributed by atoms with Crippen molar-refractivity contribution in [3.8, 4) is 23.0 Å². The number of carbonyl (C=O) groups is 2. The Bertz CT molecular complexity index is 1410. The summed E-state index contributed by atoms with van der Waals surface area (Å²) in [5.41, 5.74) is 3.82. The lowest BCUT2D eigenvalue weighted by molar-refractivity contribution is -0.135. The third-order valence-electron chi connectivity index (χ3n) is 8.40. The van der Waals surface area contributed by atoms with Crippen LogP contribution in [-0.4, -0.2) is 89.3 Å². The number of aryl methyl sites for hydroxylation is 1. The molecule has 0 radical (unpaired) electrons. The van der Waals surface area contributed by atoms with Gasteiger partial charge in [-0.2, -0.15) is 0 Å². The lowest BCUT2D eigenvalue weighted by atomic mass is 9.87. The number of para-hydroxylation sites is 1. The van der Waals surface area contributed by atoms with E-state index in [1.54, 1.807) is 51.5 Å². The van der Waals surface area contributed by atoms with Crippen molar-refractivity contribution in [1.29, 1.82) is 0 Å². The zero-order valence-corrected chi connectivity index (χ0v) is 25.0. The molecule has 222 valence electrons. The summed E-state index contributed by atoms with van der Waals surface area (Å²) < 4.78 is 22.1. The van der Waals surface area contributed by atoms with Gasteiger partial charge in [0.15, 0.2) is 11.5 Å². The van der Waals surface area contributed by atoms with E-state index in [-0.39, 0.29) is 17.7 Å². The van der Waals surface area contributed by atoms with Crippen LogP contribution in [0.4, 0.5) is 5.69 Å². The van der Waals surface area contributed by atoms with Gasteiger partial charge in [-0.1, -0.05) is 24.3 Å². The summed E-state index contributed by atoms with van der Waals surface area (Å²) in [5, 5.41) is 0. The first-order chi connectivity index (χ1) is 20.4. The minimum absolute atomic E-state index is 0.0547. The molecule has 2 saturated heterocycles. The first-order valence-electron chi connectivity index (χ1n) is 14.2. The van der Waals surface area contributed by atoms with Gasteiger partial charge in [0.25, 0.3) is 5.91 Å². The largest absolute Gasteiger partial charge is 0.497 e.